The molecule has 0 amide bonds. The Morgan fingerprint density at radius 2 is 2.17 bits per heavy atom. The lowest BCUT2D eigenvalue weighted by Crippen LogP contribution is -2.00. The molecule has 3 aromatic rings. The van der Waals surface area contributed by atoms with Crippen LogP contribution in [0.5, 0.6) is 0 Å². The Hall–Kier alpha value is -2.36. The molecule has 5 nitrogen and oxygen atoms in total. The zero-order valence-electron chi connectivity index (χ0n) is 13.0. The number of halogens is 1. The smallest absolute Gasteiger partial charge is 0.196 e. The van der Waals surface area contributed by atoms with Crippen LogP contribution >= 0.6 is 23.4 Å². The summed E-state index contributed by atoms with van der Waals surface area (Å²) in [5.74, 6) is 1.35. The number of benzene rings is 1. The first-order valence-corrected chi connectivity index (χ1v) is 8.69. The van der Waals surface area contributed by atoms with Crippen molar-refractivity contribution in [1.29, 1.82) is 5.26 Å². The number of nitrogens with zero attached hydrogens (tertiary/aromatic N) is 5. The van der Waals surface area contributed by atoms with E-state index < -0.39 is 0 Å². The van der Waals surface area contributed by atoms with Crippen LogP contribution in [0.2, 0.25) is 5.02 Å². The number of hydrogen-bond acceptors (Lipinski definition) is 5. The van der Waals surface area contributed by atoms with E-state index in [4.69, 9.17) is 16.9 Å². The van der Waals surface area contributed by atoms with Gasteiger partial charge < -0.3 is 0 Å². The molecule has 0 aliphatic carbocycles. The van der Waals surface area contributed by atoms with E-state index in [0.717, 1.165) is 22.0 Å². The summed E-state index contributed by atoms with van der Waals surface area (Å²) >= 11 is 7.79. The minimum Gasteiger partial charge on any atom is -0.270 e. The van der Waals surface area contributed by atoms with Gasteiger partial charge in [-0.2, -0.15) is 5.26 Å². The number of aromatic nitrogens is 4. The van der Waals surface area contributed by atoms with E-state index in [1.807, 2.05) is 41.8 Å². The van der Waals surface area contributed by atoms with E-state index >= 15 is 0 Å². The zero-order chi connectivity index (χ0) is 16.9. The summed E-state index contributed by atoms with van der Waals surface area (Å²) in [6.07, 6.45) is 3.92. The van der Waals surface area contributed by atoms with Gasteiger partial charge in [0.05, 0.1) is 11.8 Å². The summed E-state index contributed by atoms with van der Waals surface area (Å²) in [7, 11) is 0. The second-order valence-electron chi connectivity index (χ2n) is 5.07. The van der Waals surface area contributed by atoms with Crippen LogP contribution in [0.1, 0.15) is 12.0 Å². The molecule has 7 heteroatoms. The first-order chi connectivity index (χ1) is 11.7. The molecule has 0 unspecified atom stereocenters. The topological polar surface area (TPSA) is 67.4 Å². The van der Waals surface area contributed by atoms with E-state index in [-0.39, 0.29) is 0 Å². The van der Waals surface area contributed by atoms with Crippen LogP contribution in [0.4, 0.5) is 0 Å². The van der Waals surface area contributed by atoms with Crippen LogP contribution < -0.4 is 0 Å². The molecule has 0 saturated carbocycles. The SMILES string of the molecule is Cc1ccc(-n2c(SCCC#N)nnc2-c2cccnc2)cc1Cl. The van der Waals surface area contributed by atoms with Crippen molar-refractivity contribution >= 4 is 23.4 Å². The Morgan fingerprint density at radius 1 is 1.29 bits per heavy atom. The number of thioether (sulfide) groups is 1. The summed E-state index contributed by atoms with van der Waals surface area (Å²) < 4.78 is 1.95. The lowest BCUT2D eigenvalue weighted by molar-refractivity contribution is 0.885. The molecule has 0 N–H and O–H groups in total. The first-order valence-electron chi connectivity index (χ1n) is 7.33. The van der Waals surface area contributed by atoms with Gasteiger partial charge in [0.2, 0.25) is 0 Å². The number of pyridine rings is 1. The Bertz CT molecular complexity index is 886. The normalized spacial score (nSPS) is 10.5. The fourth-order valence-corrected chi connectivity index (χ4v) is 3.16. The molecule has 0 aliphatic rings. The monoisotopic (exact) mass is 355 g/mol. The van der Waals surface area contributed by atoms with Crippen molar-refractivity contribution in [1.82, 2.24) is 19.7 Å². The maximum absolute atomic E-state index is 8.75. The van der Waals surface area contributed by atoms with Crippen molar-refractivity contribution < 1.29 is 0 Å². The third kappa shape index (κ3) is 3.42. The van der Waals surface area contributed by atoms with Crippen molar-refractivity contribution in [2.24, 2.45) is 0 Å². The van der Waals surface area contributed by atoms with Crippen LogP contribution in [0, 0.1) is 18.3 Å². The van der Waals surface area contributed by atoms with Gasteiger partial charge in [-0.15, -0.1) is 10.2 Å². The molecule has 0 radical (unpaired) electrons. The van der Waals surface area contributed by atoms with E-state index in [1.165, 1.54) is 11.8 Å². The number of nitriles is 1. The number of hydrogen-bond donors (Lipinski definition) is 0. The van der Waals surface area contributed by atoms with Crippen LogP contribution in [0.15, 0.2) is 47.9 Å². The largest absolute Gasteiger partial charge is 0.270 e. The summed E-state index contributed by atoms with van der Waals surface area (Å²) in [4.78, 5) is 4.16. The van der Waals surface area contributed by atoms with Crippen molar-refractivity contribution in [3.05, 3.63) is 53.3 Å². The highest BCUT2D eigenvalue weighted by Gasteiger charge is 2.16. The zero-order valence-corrected chi connectivity index (χ0v) is 14.6. The summed E-state index contributed by atoms with van der Waals surface area (Å²) in [6, 6.07) is 11.8. The van der Waals surface area contributed by atoms with Gasteiger partial charge in [-0.25, -0.2) is 0 Å². The molecule has 0 fully saturated rings. The van der Waals surface area contributed by atoms with Crippen molar-refractivity contribution in [3.63, 3.8) is 0 Å². The summed E-state index contributed by atoms with van der Waals surface area (Å²) in [5, 5.41) is 18.8. The van der Waals surface area contributed by atoms with Gasteiger partial charge in [-0.1, -0.05) is 29.4 Å². The van der Waals surface area contributed by atoms with Gasteiger partial charge in [0, 0.05) is 35.2 Å². The highest BCUT2D eigenvalue weighted by Crippen LogP contribution is 2.29. The molecule has 120 valence electrons. The minimum absolute atomic E-state index is 0.453. The van der Waals surface area contributed by atoms with E-state index in [9.17, 15) is 0 Å². The summed E-state index contributed by atoms with van der Waals surface area (Å²) in [5.41, 5.74) is 2.76. The maximum Gasteiger partial charge on any atom is 0.196 e. The highest BCUT2D eigenvalue weighted by molar-refractivity contribution is 7.99. The fraction of sp³-hybridized carbons (Fsp3) is 0.176. The molecule has 0 saturated heterocycles. The third-order valence-electron chi connectivity index (χ3n) is 3.41. The lowest BCUT2D eigenvalue weighted by Gasteiger charge is -2.11. The van der Waals surface area contributed by atoms with Crippen molar-refractivity contribution in [3.8, 4) is 23.1 Å². The molecular weight excluding hydrogens is 342 g/mol. The quantitative estimate of drug-likeness (QED) is 0.504. The Balaban J connectivity index is 2.10. The molecule has 0 bridgehead atoms. The molecule has 2 heterocycles. The predicted molar refractivity (Wildman–Crippen MR) is 95.3 cm³/mol. The van der Waals surface area contributed by atoms with E-state index in [2.05, 4.69) is 21.3 Å². The van der Waals surface area contributed by atoms with Gasteiger partial charge >= 0.3 is 0 Å². The van der Waals surface area contributed by atoms with Gasteiger partial charge in [0.25, 0.3) is 0 Å². The van der Waals surface area contributed by atoms with Crippen LogP contribution in [-0.2, 0) is 0 Å². The number of rotatable bonds is 5. The first kappa shape index (κ1) is 16.5. The summed E-state index contributed by atoms with van der Waals surface area (Å²) in [6.45, 7) is 1.96. The van der Waals surface area contributed by atoms with Crippen LogP contribution in [0.3, 0.4) is 0 Å². The van der Waals surface area contributed by atoms with Gasteiger partial charge in [-0.3, -0.25) is 9.55 Å². The second kappa shape index (κ2) is 7.47. The second-order valence-corrected chi connectivity index (χ2v) is 6.54. The molecule has 1 aromatic carbocycles. The van der Waals surface area contributed by atoms with Crippen LogP contribution in [-0.4, -0.2) is 25.5 Å². The Morgan fingerprint density at radius 3 is 2.88 bits per heavy atom. The number of aryl methyl sites for hydroxylation is 1. The van der Waals surface area contributed by atoms with Gasteiger partial charge in [-0.05, 0) is 36.8 Å². The standard InChI is InChI=1S/C17H14ClN5S/c1-12-5-6-14(10-15(12)18)23-16(13-4-2-8-20-11-13)21-22-17(23)24-9-3-7-19/h2,4-6,8,10-11H,3,9H2,1H3. The molecule has 24 heavy (non-hydrogen) atoms. The Labute approximate surface area is 149 Å². The average Bonchev–Trinajstić information content (AvgIpc) is 3.02. The molecule has 3 rings (SSSR count). The van der Waals surface area contributed by atoms with E-state index in [0.29, 0.717) is 23.0 Å². The fourth-order valence-electron chi connectivity index (χ4n) is 2.19. The molecule has 0 aliphatic heterocycles. The van der Waals surface area contributed by atoms with Crippen molar-refractivity contribution in [2.75, 3.05) is 5.75 Å². The molecule has 0 spiro atoms. The highest BCUT2D eigenvalue weighted by atomic mass is 35.5. The van der Waals surface area contributed by atoms with E-state index in [1.54, 1.807) is 12.4 Å². The molecule has 0 atom stereocenters. The lowest BCUT2D eigenvalue weighted by atomic mass is 10.2. The van der Waals surface area contributed by atoms with Crippen LogP contribution in [0.25, 0.3) is 17.1 Å². The third-order valence-corrected chi connectivity index (χ3v) is 4.75. The maximum atomic E-state index is 8.75. The minimum atomic E-state index is 0.453. The van der Waals surface area contributed by atoms with Gasteiger partial charge in [0.15, 0.2) is 11.0 Å². The van der Waals surface area contributed by atoms with Crippen molar-refractivity contribution in [2.45, 2.75) is 18.5 Å². The van der Waals surface area contributed by atoms with Gasteiger partial charge in [0.1, 0.15) is 0 Å². The Kier molecular flexibility index (Phi) is 5.14. The average molecular weight is 356 g/mol. The molecule has 2 aromatic heterocycles. The molecular formula is C17H14ClN5S. The predicted octanol–water partition coefficient (Wildman–Crippen LogP) is 4.30.